The molecule has 0 atom stereocenters. The Labute approximate surface area is 94.9 Å². The van der Waals surface area contributed by atoms with E-state index < -0.39 is 0 Å². The van der Waals surface area contributed by atoms with Gasteiger partial charge in [0.05, 0.1) is 6.54 Å². The highest BCUT2D eigenvalue weighted by Gasteiger charge is 1.98. The topological polar surface area (TPSA) is 58.5 Å². The van der Waals surface area contributed by atoms with Gasteiger partial charge in [-0.1, -0.05) is 0 Å². The van der Waals surface area contributed by atoms with Crippen LogP contribution in [0.25, 0.3) is 0 Å². The molecule has 2 N–H and O–H groups in total. The van der Waals surface area contributed by atoms with E-state index in [0.29, 0.717) is 0 Å². The first-order chi connectivity index (χ1) is 7.86. The van der Waals surface area contributed by atoms with Crippen molar-refractivity contribution in [1.29, 1.82) is 0 Å². The highest BCUT2D eigenvalue weighted by atomic mass is 15.1. The number of nitrogens with one attached hydrogen (secondary N) is 2. The third-order valence-electron chi connectivity index (χ3n) is 2.53. The maximum atomic E-state index is 4.25. The molecule has 2 heterocycles. The Bertz CT molecular complexity index is 404. The van der Waals surface area contributed by atoms with Crippen molar-refractivity contribution in [3.8, 4) is 0 Å². The van der Waals surface area contributed by atoms with Gasteiger partial charge in [-0.25, -0.2) is 9.97 Å². The van der Waals surface area contributed by atoms with Gasteiger partial charge in [-0.15, -0.1) is 0 Å². The summed E-state index contributed by atoms with van der Waals surface area (Å²) < 4.78 is 2.03. The molecule has 2 rings (SSSR count). The predicted molar refractivity (Wildman–Crippen MR) is 61.8 cm³/mol. The Morgan fingerprint density at radius 3 is 3.00 bits per heavy atom. The number of aromatic nitrogens is 4. The summed E-state index contributed by atoms with van der Waals surface area (Å²) in [5.74, 6) is 2.12. The largest absolute Gasteiger partial charge is 0.349 e. The van der Waals surface area contributed by atoms with Gasteiger partial charge < -0.3 is 14.9 Å². The third-order valence-corrected chi connectivity index (χ3v) is 2.53. The van der Waals surface area contributed by atoms with Crippen LogP contribution in [0.2, 0.25) is 0 Å². The molecule has 0 unspecified atom stereocenters. The third kappa shape index (κ3) is 2.93. The molecule has 5 nitrogen and oxygen atoms in total. The average Bonchev–Trinajstić information content (AvgIpc) is 2.90. The minimum Gasteiger partial charge on any atom is -0.349 e. The molecule has 0 bridgehead atoms. The van der Waals surface area contributed by atoms with Crippen molar-refractivity contribution in [2.45, 2.75) is 19.4 Å². The lowest BCUT2D eigenvalue weighted by molar-refractivity contribution is 0.608. The Balaban J connectivity index is 1.61. The zero-order valence-corrected chi connectivity index (χ0v) is 9.48. The fourth-order valence-corrected chi connectivity index (χ4v) is 1.58. The average molecular weight is 219 g/mol. The SMILES string of the molecule is Cn1ccnc1CNCCCc1ncc[nH]1. The fourth-order valence-electron chi connectivity index (χ4n) is 1.58. The Kier molecular flexibility index (Phi) is 3.71. The maximum Gasteiger partial charge on any atom is 0.122 e. The van der Waals surface area contributed by atoms with Crippen LogP contribution in [-0.4, -0.2) is 26.1 Å². The van der Waals surface area contributed by atoms with Crippen molar-refractivity contribution in [3.63, 3.8) is 0 Å². The highest BCUT2D eigenvalue weighted by molar-refractivity contribution is 4.90. The van der Waals surface area contributed by atoms with Crippen molar-refractivity contribution >= 4 is 0 Å². The molecule has 0 aliphatic carbocycles. The summed E-state index contributed by atoms with van der Waals surface area (Å²) in [6.45, 7) is 1.80. The summed E-state index contributed by atoms with van der Waals surface area (Å²) in [4.78, 5) is 11.5. The van der Waals surface area contributed by atoms with Gasteiger partial charge in [0, 0.05) is 38.3 Å². The number of hydrogen-bond acceptors (Lipinski definition) is 3. The van der Waals surface area contributed by atoms with Crippen LogP contribution in [0.4, 0.5) is 0 Å². The van der Waals surface area contributed by atoms with E-state index in [0.717, 1.165) is 37.6 Å². The van der Waals surface area contributed by atoms with Gasteiger partial charge in [0.1, 0.15) is 11.6 Å². The van der Waals surface area contributed by atoms with Crippen molar-refractivity contribution in [2.75, 3.05) is 6.54 Å². The molecule has 0 radical (unpaired) electrons. The van der Waals surface area contributed by atoms with Gasteiger partial charge in [0.15, 0.2) is 0 Å². The lowest BCUT2D eigenvalue weighted by Crippen LogP contribution is -2.18. The lowest BCUT2D eigenvalue weighted by atomic mass is 10.3. The minimum atomic E-state index is 0.821. The number of aryl methyl sites for hydroxylation is 2. The Morgan fingerprint density at radius 1 is 1.38 bits per heavy atom. The number of nitrogens with zero attached hydrogens (tertiary/aromatic N) is 3. The van der Waals surface area contributed by atoms with Gasteiger partial charge in [0.25, 0.3) is 0 Å². The van der Waals surface area contributed by atoms with E-state index in [1.165, 1.54) is 0 Å². The van der Waals surface area contributed by atoms with Gasteiger partial charge >= 0.3 is 0 Å². The van der Waals surface area contributed by atoms with Crippen molar-refractivity contribution < 1.29 is 0 Å². The quantitative estimate of drug-likeness (QED) is 0.709. The summed E-state index contributed by atoms with van der Waals surface area (Å²) in [6, 6.07) is 0. The molecule has 86 valence electrons. The molecular formula is C11H17N5. The molecule has 0 spiro atoms. The molecule has 0 amide bonds. The molecule has 0 saturated carbocycles. The fraction of sp³-hybridized carbons (Fsp3) is 0.455. The molecule has 5 heteroatoms. The molecule has 16 heavy (non-hydrogen) atoms. The van der Waals surface area contributed by atoms with Crippen LogP contribution in [0.3, 0.4) is 0 Å². The summed E-state index contributed by atoms with van der Waals surface area (Å²) in [7, 11) is 2.01. The van der Waals surface area contributed by atoms with Gasteiger partial charge in [-0.05, 0) is 13.0 Å². The van der Waals surface area contributed by atoms with Crippen LogP contribution in [-0.2, 0) is 20.0 Å². The first kappa shape index (κ1) is 10.9. The molecule has 0 saturated heterocycles. The minimum absolute atomic E-state index is 0.821. The smallest absolute Gasteiger partial charge is 0.122 e. The van der Waals surface area contributed by atoms with Gasteiger partial charge in [-0.3, -0.25) is 0 Å². The van der Waals surface area contributed by atoms with Crippen LogP contribution in [0.15, 0.2) is 24.8 Å². The van der Waals surface area contributed by atoms with E-state index in [1.54, 1.807) is 6.20 Å². The Hall–Kier alpha value is -1.62. The summed E-state index contributed by atoms with van der Waals surface area (Å²) in [5.41, 5.74) is 0. The van der Waals surface area contributed by atoms with Crippen molar-refractivity contribution in [2.24, 2.45) is 7.05 Å². The van der Waals surface area contributed by atoms with E-state index in [4.69, 9.17) is 0 Å². The number of hydrogen-bond donors (Lipinski definition) is 2. The molecule has 2 aromatic rings. The summed E-state index contributed by atoms with van der Waals surface area (Å²) >= 11 is 0. The molecule has 0 fully saturated rings. The van der Waals surface area contributed by atoms with Gasteiger partial charge in [-0.2, -0.15) is 0 Å². The first-order valence-corrected chi connectivity index (χ1v) is 5.51. The van der Waals surface area contributed by atoms with E-state index in [-0.39, 0.29) is 0 Å². The monoisotopic (exact) mass is 219 g/mol. The van der Waals surface area contributed by atoms with Gasteiger partial charge in [0.2, 0.25) is 0 Å². The summed E-state index contributed by atoms with van der Waals surface area (Å²) in [6.07, 6.45) is 9.49. The van der Waals surface area contributed by atoms with Crippen LogP contribution < -0.4 is 5.32 Å². The van der Waals surface area contributed by atoms with E-state index >= 15 is 0 Å². The zero-order chi connectivity index (χ0) is 11.2. The second-order valence-corrected chi connectivity index (χ2v) is 3.77. The van der Waals surface area contributed by atoms with Crippen LogP contribution in [0, 0.1) is 0 Å². The molecule has 0 aromatic carbocycles. The number of imidazole rings is 2. The van der Waals surface area contributed by atoms with Crippen molar-refractivity contribution in [1.82, 2.24) is 24.8 Å². The Morgan fingerprint density at radius 2 is 2.31 bits per heavy atom. The molecule has 0 aliphatic heterocycles. The van der Waals surface area contributed by atoms with Crippen molar-refractivity contribution in [3.05, 3.63) is 36.4 Å². The van der Waals surface area contributed by atoms with E-state index in [1.807, 2.05) is 30.2 Å². The normalized spacial score (nSPS) is 10.8. The van der Waals surface area contributed by atoms with E-state index in [2.05, 4.69) is 20.3 Å². The van der Waals surface area contributed by atoms with Crippen LogP contribution >= 0.6 is 0 Å². The predicted octanol–water partition coefficient (Wildman–Crippen LogP) is 0.866. The highest BCUT2D eigenvalue weighted by Crippen LogP contribution is 1.95. The maximum absolute atomic E-state index is 4.25. The second-order valence-electron chi connectivity index (χ2n) is 3.77. The molecule has 0 aliphatic rings. The number of aromatic amines is 1. The zero-order valence-electron chi connectivity index (χ0n) is 9.48. The van der Waals surface area contributed by atoms with E-state index in [9.17, 15) is 0 Å². The van der Waals surface area contributed by atoms with Crippen LogP contribution in [0.1, 0.15) is 18.1 Å². The number of rotatable bonds is 6. The lowest BCUT2D eigenvalue weighted by Gasteiger charge is -2.04. The molecular weight excluding hydrogens is 202 g/mol. The number of H-pyrrole nitrogens is 1. The second kappa shape index (κ2) is 5.46. The van der Waals surface area contributed by atoms with Crippen LogP contribution in [0.5, 0.6) is 0 Å². The first-order valence-electron chi connectivity index (χ1n) is 5.51. The summed E-state index contributed by atoms with van der Waals surface area (Å²) in [5, 5.41) is 3.37. The standard InChI is InChI=1S/C11H17N5/c1-16-8-7-15-11(16)9-12-4-2-3-10-13-5-6-14-10/h5-8,12H,2-4,9H2,1H3,(H,13,14). The molecule has 2 aromatic heterocycles.